The van der Waals surface area contributed by atoms with E-state index in [0.29, 0.717) is 6.04 Å². The third-order valence-electron chi connectivity index (χ3n) is 1.87. The molecule has 0 saturated heterocycles. The van der Waals surface area contributed by atoms with E-state index in [0.717, 1.165) is 13.1 Å². The molecule has 3 heteroatoms. The molecule has 1 unspecified atom stereocenters. The lowest BCUT2D eigenvalue weighted by Gasteiger charge is -2.15. The van der Waals surface area contributed by atoms with Gasteiger partial charge in [-0.1, -0.05) is 6.92 Å². The van der Waals surface area contributed by atoms with Gasteiger partial charge < -0.3 is 11.1 Å². The highest BCUT2D eigenvalue weighted by molar-refractivity contribution is 7.98. The quantitative estimate of drug-likeness (QED) is 0.569. The molecule has 0 aliphatic rings. The van der Waals surface area contributed by atoms with E-state index in [1.165, 1.54) is 25.0 Å². The Bertz CT molecular complexity index is 88.6. The molecule has 1 atom stereocenters. The smallest absolute Gasteiger partial charge is 0.0190 e. The highest BCUT2D eigenvalue weighted by atomic mass is 32.2. The van der Waals surface area contributed by atoms with Gasteiger partial charge in [0.1, 0.15) is 0 Å². The highest BCUT2D eigenvalue weighted by Crippen LogP contribution is 2.02. The number of nitrogens with one attached hydrogen (secondary N) is 1. The molecule has 0 heterocycles. The zero-order chi connectivity index (χ0) is 9.23. The maximum absolute atomic E-state index is 5.63. The summed E-state index contributed by atoms with van der Waals surface area (Å²) in [6.45, 7) is 4.05. The van der Waals surface area contributed by atoms with Gasteiger partial charge in [0.2, 0.25) is 0 Å². The molecule has 0 rings (SSSR count). The first kappa shape index (κ1) is 12.3. The van der Waals surface area contributed by atoms with Crippen LogP contribution in [0, 0.1) is 0 Å². The summed E-state index contributed by atoms with van der Waals surface area (Å²) in [7, 11) is 0. The zero-order valence-electron chi connectivity index (χ0n) is 8.31. The maximum Gasteiger partial charge on any atom is 0.0190 e. The lowest BCUT2D eigenvalue weighted by Crippen LogP contribution is -2.36. The van der Waals surface area contributed by atoms with Gasteiger partial charge in [-0.25, -0.2) is 0 Å². The van der Waals surface area contributed by atoms with E-state index in [4.69, 9.17) is 5.73 Å². The van der Waals surface area contributed by atoms with Gasteiger partial charge in [0.05, 0.1) is 0 Å². The predicted octanol–water partition coefficient (Wildman–Crippen LogP) is 1.46. The highest BCUT2D eigenvalue weighted by Gasteiger charge is 2.03. The van der Waals surface area contributed by atoms with Crippen molar-refractivity contribution in [2.45, 2.75) is 32.2 Å². The van der Waals surface area contributed by atoms with Crippen molar-refractivity contribution in [2.75, 3.05) is 25.1 Å². The van der Waals surface area contributed by atoms with Crippen LogP contribution in [0.5, 0.6) is 0 Å². The Balaban J connectivity index is 3.26. The van der Waals surface area contributed by atoms with Crippen molar-refractivity contribution in [2.24, 2.45) is 5.73 Å². The summed E-state index contributed by atoms with van der Waals surface area (Å²) < 4.78 is 0. The van der Waals surface area contributed by atoms with Crippen LogP contribution in [0.15, 0.2) is 0 Å². The Hall–Kier alpha value is 0.270. The Morgan fingerprint density at radius 3 is 2.75 bits per heavy atom. The average Bonchev–Trinajstić information content (AvgIpc) is 2.11. The van der Waals surface area contributed by atoms with Gasteiger partial charge in [-0.3, -0.25) is 0 Å². The molecule has 0 saturated carbocycles. The monoisotopic (exact) mass is 190 g/mol. The summed E-state index contributed by atoms with van der Waals surface area (Å²) in [5, 5.41) is 3.44. The lowest BCUT2D eigenvalue weighted by atomic mass is 10.1. The van der Waals surface area contributed by atoms with Crippen LogP contribution in [0.25, 0.3) is 0 Å². The lowest BCUT2D eigenvalue weighted by molar-refractivity contribution is 0.484. The Kier molecular flexibility index (Phi) is 9.57. The second-order valence-electron chi connectivity index (χ2n) is 3.02. The molecular weight excluding hydrogens is 168 g/mol. The van der Waals surface area contributed by atoms with Crippen molar-refractivity contribution in [3.05, 3.63) is 0 Å². The van der Waals surface area contributed by atoms with E-state index in [9.17, 15) is 0 Å². The number of nitrogens with two attached hydrogens (primary N) is 1. The summed E-state index contributed by atoms with van der Waals surface area (Å²) in [6.07, 6.45) is 5.84. The Morgan fingerprint density at radius 2 is 2.25 bits per heavy atom. The SMILES string of the molecule is CCCNC(CN)CCCSC. The largest absolute Gasteiger partial charge is 0.329 e. The molecule has 74 valence electrons. The van der Waals surface area contributed by atoms with Crippen molar-refractivity contribution in [1.29, 1.82) is 0 Å². The van der Waals surface area contributed by atoms with Gasteiger partial charge in [-0.05, 0) is 37.8 Å². The first-order chi connectivity index (χ1) is 5.85. The van der Waals surface area contributed by atoms with Crippen molar-refractivity contribution >= 4 is 11.8 Å². The molecule has 0 fully saturated rings. The summed E-state index contributed by atoms with van der Waals surface area (Å²) in [6, 6.07) is 0.539. The van der Waals surface area contributed by atoms with Crippen LogP contribution in [0.2, 0.25) is 0 Å². The van der Waals surface area contributed by atoms with Crippen molar-refractivity contribution in [3.63, 3.8) is 0 Å². The number of hydrogen-bond donors (Lipinski definition) is 2. The summed E-state index contributed by atoms with van der Waals surface area (Å²) >= 11 is 1.91. The number of hydrogen-bond acceptors (Lipinski definition) is 3. The summed E-state index contributed by atoms with van der Waals surface area (Å²) in [5.74, 6) is 1.25. The molecule has 0 aromatic carbocycles. The normalized spacial score (nSPS) is 13.2. The second kappa shape index (κ2) is 9.36. The van der Waals surface area contributed by atoms with Crippen molar-refractivity contribution in [1.82, 2.24) is 5.32 Å². The average molecular weight is 190 g/mol. The molecule has 0 aromatic heterocycles. The van der Waals surface area contributed by atoms with Crippen LogP contribution in [-0.2, 0) is 0 Å². The Morgan fingerprint density at radius 1 is 1.50 bits per heavy atom. The van der Waals surface area contributed by atoms with Crippen LogP contribution >= 0.6 is 11.8 Å². The van der Waals surface area contributed by atoms with Gasteiger partial charge in [-0.2, -0.15) is 11.8 Å². The molecule has 3 N–H and O–H groups in total. The van der Waals surface area contributed by atoms with Crippen molar-refractivity contribution < 1.29 is 0 Å². The van der Waals surface area contributed by atoms with Gasteiger partial charge in [-0.15, -0.1) is 0 Å². The molecule has 12 heavy (non-hydrogen) atoms. The molecular formula is C9H22N2S. The summed E-state index contributed by atoms with van der Waals surface area (Å²) in [5.41, 5.74) is 5.63. The second-order valence-corrected chi connectivity index (χ2v) is 4.01. The van der Waals surface area contributed by atoms with Crippen LogP contribution < -0.4 is 11.1 Å². The molecule has 0 radical (unpaired) electrons. The molecule has 0 aliphatic carbocycles. The molecule has 0 bridgehead atoms. The van der Waals surface area contributed by atoms with Gasteiger partial charge in [0.25, 0.3) is 0 Å². The molecule has 0 aromatic rings. The van der Waals surface area contributed by atoms with E-state index in [-0.39, 0.29) is 0 Å². The first-order valence-corrected chi connectivity index (χ1v) is 6.16. The molecule has 0 aliphatic heterocycles. The van der Waals surface area contributed by atoms with E-state index in [2.05, 4.69) is 18.5 Å². The minimum absolute atomic E-state index is 0.539. The van der Waals surface area contributed by atoms with Crippen LogP contribution in [-0.4, -0.2) is 31.1 Å². The fourth-order valence-corrected chi connectivity index (χ4v) is 1.58. The topological polar surface area (TPSA) is 38.0 Å². The zero-order valence-corrected chi connectivity index (χ0v) is 9.12. The fourth-order valence-electron chi connectivity index (χ4n) is 1.13. The number of thioether (sulfide) groups is 1. The summed E-state index contributed by atoms with van der Waals surface area (Å²) in [4.78, 5) is 0. The van der Waals surface area contributed by atoms with Crippen LogP contribution in [0.3, 0.4) is 0 Å². The molecule has 0 amide bonds. The molecule has 0 spiro atoms. The third kappa shape index (κ3) is 6.95. The third-order valence-corrected chi connectivity index (χ3v) is 2.57. The van der Waals surface area contributed by atoms with Crippen LogP contribution in [0.4, 0.5) is 0 Å². The maximum atomic E-state index is 5.63. The van der Waals surface area contributed by atoms with E-state index < -0.39 is 0 Å². The first-order valence-electron chi connectivity index (χ1n) is 4.77. The van der Waals surface area contributed by atoms with E-state index in [1.807, 2.05) is 11.8 Å². The van der Waals surface area contributed by atoms with Crippen molar-refractivity contribution in [3.8, 4) is 0 Å². The van der Waals surface area contributed by atoms with Gasteiger partial charge in [0, 0.05) is 12.6 Å². The van der Waals surface area contributed by atoms with Gasteiger partial charge >= 0.3 is 0 Å². The van der Waals surface area contributed by atoms with E-state index in [1.54, 1.807) is 0 Å². The van der Waals surface area contributed by atoms with Gasteiger partial charge in [0.15, 0.2) is 0 Å². The minimum atomic E-state index is 0.539. The van der Waals surface area contributed by atoms with Crippen LogP contribution in [0.1, 0.15) is 26.2 Å². The van der Waals surface area contributed by atoms with E-state index >= 15 is 0 Å². The standard InChI is InChI=1S/C9H22N2S/c1-3-6-11-9(8-10)5-4-7-12-2/h9,11H,3-8,10H2,1-2H3. The number of rotatable bonds is 8. The predicted molar refractivity (Wildman–Crippen MR) is 58.8 cm³/mol. The Labute approximate surface area is 80.7 Å². The minimum Gasteiger partial charge on any atom is -0.329 e. The fraction of sp³-hybridized carbons (Fsp3) is 1.00. The molecule has 2 nitrogen and oxygen atoms in total.